The molecule has 0 spiro atoms. The number of hydrogen-bond acceptors (Lipinski definition) is 1. The summed E-state index contributed by atoms with van der Waals surface area (Å²) < 4.78 is 0. The van der Waals surface area contributed by atoms with E-state index in [2.05, 4.69) is 6.58 Å². The summed E-state index contributed by atoms with van der Waals surface area (Å²) in [6.45, 7) is 7.56. The average molecular weight is 209 g/mol. The minimum atomic E-state index is -0.0730. The highest BCUT2D eigenvalue weighted by molar-refractivity contribution is 6.31. The molecule has 1 rings (SSSR count). The molecule has 2 heteroatoms. The zero-order valence-corrected chi connectivity index (χ0v) is 9.14. The Kier molecular flexibility index (Phi) is 3.48. The van der Waals surface area contributed by atoms with Crippen LogP contribution < -0.4 is 0 Å². The van der Waals surface area contributed by atoms with Gasteiger partial charge in [-0.05, 0) is 29.7 Å². The van der Waals surface area contributed by atoms with Crippen molar-refractivity contribution in [3.05, 3.63) is 47.0 Å². The van der Waals surface area contributed by atoms with Crippen molar-refractivity contribution in [2.45, 2.75) is 19.8 Å². The topological polar surface area (TPSA) is 17.1 Å². The Balaban J connectivity index is 3.29. The fourth-order valence-corrected chi connectivity index (χ4v) is 1.53. The predicted molar refractivity (Wildman–Crippen MR) is 60.1 cm³/mol. The summed E-state index contributed by atoms with van der Waals surface area (Å²) in [4.78, 5) is 11.5. The second kappa shape index (κ2) is 4.43. The van der Waals surface area contributed by atoms with E-state index in [1.54, 1.807) is 12.1 Å². The van der Waals surface area contributed by atoms with Crippen molar-refractivity contribution in [3.63, 3.8) is 0 Å². The summed E-state index contributed by atoms with van der Waals surface area (Å²) >= 11 is 5.84. The van der Waals surface area contributed by atoms with Crippen LogP contribution >= 0.6 is 11.6 Å². The van der Waals surface area contributed by atoms with Crippen molar-refractivity contribution in [2.75, 3.05) is 0 Å². The normalized spacial score (nSPS) is 10.3. The summed E-state index contributed by atoms with van der Waals surface area (Å²) in [7, 11) is 0. The molecule has 0 aliphatic rings. The second-order valence-electron chi connectivity index (χ2n) is 3.45. The van der Waals surface area contributed by atoms with Gasteiger partial charge in [0, 0.05) is 10.6 Å². The Labute approximate surface area is 89.4 Å². The third-order valence-corrected chi connectivity index (χ3v) is 2.32. The summed E-state index contributed by atoms with van der Waals surface area (Å²) in [5, 5.41) is 0.583. The summed E-state index contributed by atoms with van der Waals surface area (Å²) in [5.74, 6) is 0.238. The monoisotopic (exact) mass is 208 g/mol. The van der Waals surface area contributed by atoms with Gasteiger partial charge in [-0.15, -0.1) is 0 Å². The largest absolute Gasteiger partial charge is 0.289 e. The van der Waals surface area contributed by atoms with Crippen molar-refractivity contribution in [2.24, 2.45) is 0 Å². The lowest BCUT2D eigenvalue weighted by Gasteiger charge is -2.10. The van der Waals surface area contributed by atoms with Crippen molar-refractivity contribution >= 4 is 17.4 Å². The smallest absolute Gasteiger partial charge is 0.185 e. The van der Waals surface area contributed by atoms with Gasteiger partial charge in [0.2, 0.25) is 0 Å². The van der Waals surface area contributed by atoms with Gasteiger partial charge in [0.1, 0.15) is 0 Å². The number of carbonyl (C=O) groups excluding carboxylic acids is 1. The molecule has 1 aromatic rings. The van der Waals surface area contributed by atoms with Crippen LogP contribution in [0.25, 0.3) is 0 Å². The second-order valence-corrected chi connectivity index (χ2v) is 3.89. The summed E-state index contributed by atoms with van der Waals surface area (Å²) in [6, 6.07) is 5.39. The van der Waals surface area contributed by atoms with E-state index in [0.717, 1.165) is 5.56 Å². The molecule has 0 atom stereocenters. The third-order valence-electron chi connectivity index (χ3n) is 2.09. The quantitative estimate of drug-likeness (QED) is 0.545. The third kappa shape index (κ3) is 2.24. The van der Waals surface area contributed by atoms with Crippen LogP contribution in [-0.2, 0) is 0 Å². The molecule has 0 saturated heterocycles. The maximum absolute atomic E-state index is 11.5. The number of benzene rings is 1. The van der Waals surface area contributed by atoms with Gasteiger partial charge in [-0.3, -0.25) is 4.79 Å². The average Bonchev–Trinajstić information content (AvgIpc) is 2.16. The summed E-state index contributed by atoms with van der Waals surface area (Å²) in [5.41, 5.74) is 1.67. The molecular formula is C12H13ClO. The van der Waals surface area contributed by atoms with E-state index in [0.29, 0.717) is 16.5 Å². The maximum atomic E-state index is 11.5. The molecule has 0 aromatic heterocycles. The van der Waals surface area contributed by atoms with Crippen LogP contribution in [0.1, 0.15) is 35.7 Å². The molecule has 0 aliphatic heterocycles. The van der Waals surface area contributed by atoms with Crippen LogP contribution in [0.2, 0.25) is 5.02 Å². The number of carbonyl (C=O) groups is 1. The molecule has 0 radical (unpaired) electrons. The van der Waals surface area contributed by atoms with E-state index in [9.17, 15) is 4.79 Å². The predicted octanol–water partition coefficient (Wildman–Crippen LogP) is 3.83. The van der Waals surface area contributed by atoms with Crippen LogP contribution in [-0.4, -0.2) is 5.78 Å². The van der Waals surface area contributed by atoms with Gasteiger partial charge in [0.15, 0.2) is 5.78 Å². The molecular weight excluding hydrogens is 196 g/mol. The first-order chi connectivity index (χ1) is 6.56. The standard InChI is InChI=1S/C12H13ClO/c1-4-12(14)11-7-9(13)5-6-10(11)8(2)3/h4-8H,1H2,2-3H3. The highest BCUT2D eigenvalue weighted by Gasteiger charge is 2.11. The summed E-state index contributed by atoms with van der Waals surface area (Å²) in [6.07, 6.45) is 1.32. The molecule has 0 heterocycles. The molecule has 0 unspecified atom stereocenters. The first-order valence-electron chi connectivity index (χ1n) is 4.52. The fourth-order valence-electron chi connectivity index (χ4n) is 1.36. The first-order valence-corrected chi connectivity index (χ1v) is 4.90. The van der Waals surface area contributed by atoms with E-state index in [4.69, 9.17) is 11.6 Å². The van der Waals surface area contributed by atoms with Crippen molar-refractivity contribution < 1.29 is 4.79 Å². The van der Waals surface area contributed by atoms with Crippen molar-refractivity contribution in [3.8, 4) is 0 Å². The van der Waals surface area contributed by atoms with Crippen molar-refractivity contribution in [1.29, 1.82) is 0 Å². The molecule has 1 nitrogen and oxygen atoms in total. The van der Waals surface area contributed by atoms with E-state index in [1.165, 1.54) is 6.08 Å². The SMILES string of the molecule is C=CC(=O)c1cc(Cl)ccc1C(C)C. The number of halogens is 1. The molecule has 74 valence electrons. The highest BCUT2D eigenvalue weighted by Crippen LogP contribution is 2.23. The van der Waals surface area contributed by atoms with Gasteiger partial charge in [-0.25, -0.2) is 0 Å². The zero-order valence-electron chi connectivity index (χ0n) is 8.38. The molecule has 0 amide bonds. The first kappa shape index (κ1) is 11.0. The number of ketones is 1. The van der Waals surface area contributed by atoms with Gasteiger partial charge in [-0.2, -0.15) is 0 Å². The van der Waals surface area contributed by atoms with Crippen LogP contribution in [0.5, 0.6) is 0 Å². The van der Waals surface area contributed by atoms with Crippen LogP contribution in [0.3, 0.4) is 0 Å². The Hall–Kier alpha value is -1.08. The van der Waals surface area contributed by atoms with Crippen molar-refractivity contribution in [1.82, 2.24) is 0 Å². The van der Waals surface area contributed by atoms with E-state index < -0.39 is 0 Å². The molecule has 0 fully saturated rings. The minimum Gasteiger partial charge on any atom is -0.289 e. The highest BCUT2D eigenvalue weighted by atomic mass is 35.5. The maximum Gasteiger partial charge on any atom is 0.185 e. The Morgan fingerprint density at radius 2 is 2.14 bits per heavy atom. The van der Waals surface area contributed by atoms with E-state index in [1.807, 2.05) is 19.9 Å². The van der Waals surface area contributed by atoms with Crippen LogP contribution in [0.4, 0.5) is 0 Å². The number of allylic oxidation sites excluding steroid dienone is 1. The van der Waals surface area contributed by atoms with Crippen LogP contribution in [0.15, 0.2) is 30.9 Å². The van der Waals surface area contributed by atoms with E-state index in [-0.39, 0.29) is 5.78 Å². The molecule has 0 bridgehead atoms. The van der Waals surface area contributed by atoms with Gasteiger partial charge in [-0.1, -0.05) is 38.1 Å². The fraction of sp³-hybridized carbons (Fsp3) is 0.250. The molecule has 1 aromatic carbocycles. The van der Waals surface area contributed by atoms with Gasteiger partial charge < -0.3 is 0 Å². The van der Waals surface area contributed by atoms with Crippen LogP contribution in [0, 0.1) is 0 Å². The zero-order chi connectivity index (χ0) is 10.7. The lowest BCUT2D eigenvalue weighted by molar-refractivity contribution is 0.104. The van der Waals surface area contributed by atoms with E-state index >= 15 is 0 Å². The molecule has 0 N–H and O–H groups in total. The molecule has 0 saturated carbocycles. The lowest BCUT2D eigenvalue weighted by Crippen LogP contribution is -2.02. The van der Waals surface area contributed by atoms with Gasteiger partial charge in [0.05, 0.1) is 0 Å². The number of rotatable bonds is 3. The van der Waals surface area contributed by atoms with Gasteiger partial charge >= 0.3 is 0 Å². The Morgan fingerprint density at radius 1 is 1.50 bits per heavy atom. The molecule has 0 aliphatic carbocycles. The van der Waals surface area contributed by atoms with Gasteiger partial charge in [0.25, 0.3) is 0 Å². The Morgan fingerprint density at radius 3 is 2.64 bits per heavy atom. The number of hydrogen-bond donors (Lipinski definition) is 0. The lowest BCUT2D eigenvalue weighted by atomic mass is 9.95. The molecule has 14 heavy (non-hydrogen) atoms. The Bertz CT molecular complexity index is 367. The minimum absolute atomic E-state index is 0.0730.